The maximum atomic E-state index is 12.0. The number of hydrogen-bond donors (Lipinski definition) is 6. The summed E-state index contributed by atoms with van der Waals surface area (Å²) >= 11 is 0. The lowest BCUT2D eigenvalue weighted by atomic mass is 9.80. The van der Waals surface area contributed by atoms with Gasteiger partial charge in [0, 0.05) is 5.92 Å². The second kappa shape index (κ2) is 8.20. The quantitative estimate of drug-likeness (QED) is 0.256. The Kier molecular flexibility index (Phi) is 6.27. The number of aliphatic hydroxyl groups excluding tert-OH is 5. The summed E-state index contributed by atoms with van der Waals surface area (Å²) in [5.41, 5.74) is -1.43. The maximum Gasteiger partial charge on any atom is 0.337 e. The van der Waals surface area contributed by atoms with Crippen molar-refractivity contribution < 1.29 is 54.4 Å². The standard InChI is InChI=1S/C17H26O11/c1-25-14(23)8-5-26-15(10-7(8)2-3-17(10,24)6-19)28-16-13(22)12(21)11(20)9(4-18)27-16/h5,7,9-13,15-16,18-22,24H,2-4,6H2,1H3/t7-,9?,10-,11?,12?,13?,15?,16?,17-/m0/s1. The molecule has 0 spiro atoms. The minimum absolute atomic E-state index is 0.172. The van der Waals surface area contributed by atoms with Crippen LogP contribution in [-0.2, 0) is 23.7 Å². The van der Waals surface area contributed by atoms with Gasteiger partial charge in [0.05, 0.1) is 43.7 Å². The fourth-order valence-corrected chi connectivity index (χ4v) is 4.16. The SMILES string of the molecule is COC(=O)C1=COC(OC2OC(CO)C(O)C(O)C2O)[C@@H]2[C@H]1CC[C@]2(O)CO. The molecule has 28 heavy (non-hydrogen) atoms. The van der Waals surface area contributed by atoms with Crippen LogP contribution in [0.15, 0.2) is 11.8 Å². The van der Waals surface area contributed by atoms with Gasteiger partial charge in [-0.1, -0.05) is 0 Å². The Morgan fingerprint density at radius 2 is 1.93 bits per heavy atom. The van der Waals surface area contributed by atoms with Crippen LogP contribution in [0.5, 0.6) is 0 Å². The first-order chi connectivity index (χ1) is 13.3. The van der Waals surface area contributed by atoms with Gasteiger partial charge in [-0.25, -0.2) is 4.79 Å². The van der Waals surface area contributed by atoms with E-state index in [1.54, 1.807) is 0 Å². The monoisotopic (exact) mass is 406 g/mol. The van der Waals surface area contributed by atoms with Crippen LogP contribution >= 0.6 is 0 Å². The Morgan fingerprint density at radius 3 is 2.54 bits per heavy atom. The number of carbonyl (C=O) groups is 1. The molecule has 2 heterocycles. The minimum atomic E-state index is -1.66. The lowest BCUT2D eigenvalue weighted by Gasteiger charge is -2.44. The van der Waals surface area contributed by atoms with Crippen molar-refractivity contribution in [3.8, 4) is 0 Å². The highest BCUT2D eigenvalue weighted by molar-refractivity contribution is 5.89. The minimum Gasteiger partial charge on any atom is -0.471 e. The van der Waals surface area contributed by atoms with Gasteiger partial charge in [-0.3, -0.25) is 0 Å². The highest BCUT2D eigenvalue weighted by Crippen LogP contribution is 2.49. The van der Waals surface area contributed by atoms with Crippen molar-refractivity contribution in [2.75, 3.05) is 20.3 Å². The van der Waals surface area contributed by atoms with E-state index in [9.17, 15) is 35.4 Å². The van der Waals surface area contributed by atoms with Crippen LogP contribution in [0.4, 0.5) is 0 Å². The molecule has 0 aromatic heterocycles. The molecule has 1 aliphatic carbocycles. The third-order valence-electron chi connectivity index (χ3n) is 5.78. The van der Waals surface area contributed by atoms with E-state index in [0.29, 0.717) is 6.42 Å². The molecule has 0 aromatic rings. The molecule has 3 aliphatic rings. The van der Waals surface area contributed by atoms with Crippen molar-refractivity contribution in [1.82, 2.24) is 0 Å². The Bertz CT molecular complexity index is 608. The summed E-state index contributed by atoms with van der Waals surface area (Å²) < 4.78 is 21.1. The van der Waals surface area contributed by atoms with Crippen LogP contribution in [0.1, 0.15) is 12.8 Å². The van der Waals surface area contributed by atoms with Crippen molar-refractivity contribution in [2.45, 2.75) is 55.4 Å². The van der Waals surface area contributed by atoms with Gasteiger partial charge in [-0.2, -0.15) is 0 Å². The first-order valence-electron chi connectivity index (χ1n) is 9.00. The second-order valence-electron chi connectivity index (χ2n) is 7.34. The van der Waals surface area contributed by atoms with Crippen LogP contribution in [0.25, 0.3) is 0 Å². The van der Waals surface area contributed by atoms with Gasteiger partial charge in [0.15, 0.2) is 6.29 Å². The first kappa shape index (κ1) is 21.4. The predicted octanol–water partition coefficient (Wildman–Crippen LogP) is -3.03. The molecule has 160 valence electrons. The molecule has 6 unspecified atom stereocenters. The van der Waals surface area contributed by atoms with E-state index in [-0.39, 0.29) is 12.0 Å². The zero-order chi connectivity index (χ0) is 20.6. The van der Waals surface area contributed by atoms with Gasteiger partial charge in [0.1, 0.15) is 24.4 Å². The molecule has 0 bridgehead atoms. The fraction of sp³-hybridized carbons (Fsp3) is 0.824. The Labute approximate surface area is 160 Å². The summed E-state index contributed by atoms with van der Waals surface area (Å²) in [5, 5.41) is 59.7. The third kappa shape index (κ3) is 3.53. The van der Waals surface area contributed by atoms with Gasteiger partial charge in [-0.05, 0) is 12.8 Å². The molecular weight excluding hydrogens is 380 g/mol. The number of fused-ring (bicyclic) bond motifs is 1. The molecular formula is C17H26O11. The smallest absolute Gasteiger partial charge is 0.337 e. The number of methoxy groups -OCH3 is 1. The second-order valence-corrected chi connectivity index (χ2v) is 7.34. The molecule has 1 saturated heterocycles. The Morgan fingerprint density at radius 1 is 1.21 bits per heavy atom. The van der Waals surface area contributed by atoms with Gasteiger partial charge in [-0.15, -0.1) is 0 Å². The number of aliphatic hydroxyl groups is 6. The summed E-state index contributed by atoms with van der Waals surface area (Å²) in [7, 11) is 1.21. The summed E-state index contributed by atoms with van der Waals surface area (Å²) in [5.74, 6) is -2.05. The molecule has 0 aromatic carbocycles. The molecule has 0 amide bonds. The molecule has 11 heteroatoms. The van der Waals surface area contributed by atoms with E-state index in [1.807, 2.05) is 0 Å². The van der Waals surface area contributed by atoms with E-state index < -0.39 is 73.6 Å². The molecule has 2 fully saturated rings. The fourth-order valence-electron chi connectivity index (χ4n) is 4.16. The molecule has 1 saturated carbocycles. The number of carbonyl (C=O) groups excluding carboxylic acids is 1. The van der Waals surface area contributed by atoms with Gasteiger partial charge < -0.3 is 49.6 Å². The lowest BCUT2D eigenvalue weighted by Crippen LogP contribution is -2.61. The maximum absolute atomic E-state index is 12.0. The van der Waals surface area contributed by atoms with Crippen LogP contribution in [0.2, 0.25) is 0 Å². The lowest BCUT2D eigenvalue weighted by molar-refractivity contribution is -0.347. The normalized spacial score (nSPS) is 45.8. The van der Waals surface area contributed by atoms with Gasteiger partial charge in [0.2, 0.25) is 6.29 Å². The van der Waals surface area contributed by atoms with E-state index >= 15 is 0 Å². The summed E-state index contributed by atoms with van der Waals surface area (Å²) in [6.45, 7) is -1.24. The van der Waals surface area contributed by atoms with E-state index in [4.69, 9.17) is 18.9 Å². The zero-order valence-corrected chi connectivity index (χ0v) is 15.2. The van der Waals surface area contributed by atoms with Crippen LogP contribution < -0.4 is 0 Å². The molecule has 0 radical (unpaired) electrons. The molecule has 9 atom stereocenters. The average Bonchev–Trinajstić information content (AvgIpc) is 3.06. The summed E-state index contributed by atoms with van der Waals surface area (Å²) in [4.78, 5) is 12.0. The topological polar surface area (TPSA) is 175 Å². The number of ether oxygens (including phenoxy) is 4. The van der Waals surface area contributed by atoms with E-state index in [2.05, 4.69) is 0 Å². The van der Waals surface area contributed by atoms with E-state index in [1.165, 1.54) is 7.11 Å². The zero-order valence-electron chi connectivity index (χ0n) is 15.2. The molecule has 3 rings (SSSR count). The Hall–Kier alpha value is -1.31. The van der Waals surface area contributed by atoms with Crippen molar-refractivity contribution in [2.24, 2.45) is 11.8 Å². The first-order valence-corrected chi connectivity index (χ1v) is 9.00. The van der Waals surface area contributed by atoms with Crippen molar-refractivity contribution in [3.05, 3.63) is 11.8 Å². The summed E-state index contributed by atoms with van der Waals surface area (Å²) in [6, 6.07) is 0. The molecule has 11 nitrogen and oxygen atoms in total. The Balaban J connectivity index is 1.84. The number of rotatable bonds is 5. The number of esters is 1. The molecule has 6 N–H and O–H groups in total. The third-order valence-corrected chi connectivity index (χ3v) is 5.78. The predicted molar refractivity (Wildman–Crippen MR) is 88.1 cm³/mol. The van der Waals surface area contributed by atoms with Crippen LogP contribution in [0, 0.1) is 11.8 Å². The highest BCUT2D eigenvalue weighted by atomic mass is 16.8. The van der Waals surface area contributed by atoms with Crippen molar-refractivity contribution in [1.29, 1.82) is 0 Å². The highest BCUT2D eigenvalue weighted by Gasteiger charge is 2.57. The summed E-state index contributed by atoms with van der Waals surface area (Å²) in [6.07, 6.45) is -7.07. The van der Waals surface area contributed by atoms with Gasteiger partial charge >= 0.3 is 5.97 Å². The number of hydrogen-bond acceptors (Lipinski definition) is 11. The van der Waals surface area contributed by atoms with Crippen LogP contribution in [0.3, 0.4) is 0 Å². The van der Waals surface area contributed by atoms with Crippen molar-refractivity contribution in [3.63, 3.8) is 0 Å². The molecule has 2 aliphatic heterocycles. The van der Waals surface area contributed by atoms with Gasteiger partial charge in [0.25, 0.3) is 0 Å². The average molecular weight is 406 g/mol. The largest absolute Gasteiger partial charge is 0.471 e. The van der Waals surface area contributed by atoms with E-state index in [0.717, 1.165) is 6.26 Å². The van der Waals surface area contributed by atoms with Crippen molar-refractivity contribution >= 4 is 5.97 Å². The van der Waals surface area contributed by atoms with Crippen LogP contribution in [-0.4, -0.2) is 99.5 Å².